The number of hydrogen-bond donors (Lipinski definition) is 2. The van der Waals surface area contributed by atoms with E-state index < -0.39 is 0 Å². The number of rotatable bonds is 6. The van der Waals surface area contributed by atoms with Gasteiger partial charge in [-0.2, -0.15) is 0 Å². The molecule has 192 valence electrons. The van der Waals surface area contributed by atoms with E-state index in [2.05, 4.69) is 15.3 Å². The minimum absolute atomic E-state index is 0.0605. The first-order chi connectivity index (χ1) is 18.1. The van der Waals surface area contributed by atoms with E-state index in [0.29, 0.717) is 32.1 Å². The number of thioether (sulfide) groups is 1. The van der Waals surface area contributed by atoms with E-state index in [1.807, 2.05) is 47.4 Å². The Hall–Kier alpha value is -2.95. The Morgan fingerprint density at radius 1 is 1.05 bits per heavy atom. The number of anilines is 1. The van der Waals surface area contributed by atoms with Crippen LogP contribution in [0.2, 0.25) is 0 Å². The van der Waals surface area contributed by atoms with Gasteiger partial charge in [0.1, 0.15) is 5.82 Å². The molecule has 1 saturated carbocycles. The van der Waals surface area contributed by atoms with Crippen molar-refractivity contribution < 1.29 is 14.3 Å². The van der Waals surface area contributed by atoms with Crippen molar-refractivity contribution in [1.29, 1.82) is 0 Å². The number of aromatic amines is 1. The van der Waals surface area contributed by atoms with Crippen molar-refractivity contribution in [2.75, 3.05) is 31.6 Å². The van der Waals surface area contributed by atoms with Crippen LogP contribution in [0.4, 0.5) is 5.69 Å². The summed E-state index contributed by atoms with van der Waals surface area (Å²) in [5.74, 6) is 1.13. The average Bonchev–Trinajstić information content (AvgIpc) is 3.55. The van der Waals surface area contributed by atoms with Gasteiger partial charge in [-0.3, -0.25) is 9.59 Å². The smallest absolute Gasteiger partial charge is 0.228 e. The molecule has 1 aliphatic carbocycles. The Morgan fingerprint density at radius 3 is 2.70 bits per heavy atom. The second-order valence-corrected chi connectivity index (χ2v) is 11.8. The molecule has 0 spiro atoms. The molecule has 4 aromatic rings. The standard InChI is InChI=1S/C27H29N5O3S2/c33-25(18-5-1-2-6-19(18)26(34)32-11-13-35-14-12-32)28-17-9-10-22-23(15-17)37-27(31-22)36-16-24-29-20-7-3-4-8-21(20)30-24/h3-4,7-10,15,18-19H,1-2,5-6,11-14,16H2,(H,28,33)(H,29,30). The summed E-state index contributed by atoms with van der Waals surface area (Å²) in [5, 5.41) is 3.10. The van der Waals surface area contributed by atoms with Gasteiger partial charge in [-0.15, -0.1) is 11.3 Å². The number of morpholine rings is 1. The number of hydrogen-bond acceptors (Lipinski definition) is 7. The summed E-state index contributed by atoms with van der Waals surface area (Å²) in [4.78, 5) is 41.1. The Bertz CT molecular complexity index is 1390. The highest BCUT2D eigenvalue weighted by atomic mass is 32.2. The van der Waals surface area contributed by atoms with Crippen LogP contribution in [0, 0.1) is 11.8 Å². The molecule has 6 rings (SSSR count). The summed E-state index contributed by atoms with van der Waals surface area (Å²) in [6.45, 7) is 2.37. The van der Waals surface area contributed by atoms with Crippen molar-refractivity contribution in [2.45, 2.75) is 35.8 Å². The molecule has 2 N–H and O–H groups in total. The number of nitrogens with zero attached hydrogens (tertiary/aromatic N) is 3. The molecule has 0 radical (unpaired) electrons. The number of H-pyrrole nitrogens is 1. The lowest BCUT2D eigenvalue weighted by Gasteiger charge is -2.35. The first-order valence-corrected chi connectivity index (χ1v) is 14.6. The Kier molecular flexibility index (Phi) is 7.12. The third-order valence-electron chi connectivity index (χ3n) is 7.15. The zero-order valence-electron chi connectivity index (χ0n) is 20.4. The molecule has 1 aliphatic heterocycles. The van der Waals surface area contributed by atoms with Gasteiger partial charge >= 0.3 is 0 Å². The van der Waals surface area contributed by atoms with Gasteiger partial charge in [-0.1, -0.05) is 36.7 Å². The topological polar surface area (TPSA) is 100 Å². The van der Waals surface area contributed by atoms with Gasteiger partial charge in [-0.25, -0.2) is 9.97 Å². The van der Waals surface area contributed by atoms with E-state index in [1.54, 1.807) is 23.1 Å². The van der Waals surface area contributed by atoms with Gasteiger partial charge in [-0.05, 0) is 43.2 Å². The number of imidazole rings is 1. The fraction of sp³-hybridized carbons (Fsp3) is 0.407. The monoisotopic (exact) mass is 535 g/mol. The van der Waals surface area contributed by atoms with E-state index in [1.165, 1.54) is 0 Å². The molecule has 2 fully saturated rings. The lowest BCUT2D eigenvalue weighted by atomic mass is 9.77. The van der Waals surface area contributed by atoms with E-state index in [9.17, 15) is 9.59 Å². The van der Waals surface area contributed by atoms with Gasteiger partial charge in [0.15, 0.2) is 4.34 Å². The van der Waals surface area contributed by atoms with Gasteiger partial charge in [0.2, 0.25) is 11.8 Å². The summed E-state index contributed by atoms with van der Waals surface area (Å²) in [6, 6.07) is 13.8. The summed E-state index contributed by atoms with van der Waals surface area (Å²) < 4.78 is 7.38. The number of ether oxygens (including phenoxy) is 1. The first-order valence-electron chi connectivity index (χ1n) is 12.8. The fourth-order valence-corrected chi connectivity index (χ4v) is 7.22. The molecular formula is C27H29N5O3S2. The lowest BCUT2D eigenvalue weighted by molar-refractivity contribution is -0.145. The molecule has 1 saturated heterocycles. The van der Waals surface area contributed by atoms with Crippen LogP contribution in [0.15, 0.2) is 46.8 Å². The van der Waals surface area contributed by atoms with Gasteiger partial charge in [0.25, 0.3) is 0 Å². The van der Waals surface area contributed by atoms with Crippen LogP contribution in [-0.4, -0.2) is 58.0 Å². The maximum Gasteiger partial charge on any atom is 0.228 e. The summed E-state index contributed by atoms with van der Waals surface area (Å²) in [6.07, 6.45) is 3.49. The third kappa shape index (κ3) is 5.37. The predicted molar refractivity (Wildman–Crippen MR) is 147 cm³/mol. The summed E-state index contributed by atoms with van der Waals surface area (Å²) in [7, 11) is 0. The molecule has 2 aromatic carbocycles. The third-order valence-corrected chi connectivity index (χ3v) is 9.32. The minimum Gasteiger partial charge on any atom is -0.378 e. The second kappa shape index (κ2) is 10.8. The van der Waals surface area contributed by atoms with Gasteiger partial charge in [0.05, 0.1) is 40.2 Å². The maximum atomic E-state index is 13.3. The van der Waals surface area contributed by atoms with Crippen LogP contribution in [0.25, 0.3) is 21.3 Å². The van der Waals surface area contributed by atoms with Crippen molar-refractivity contribution >= 4 is 61.9 Å². The predicted octanol–water partition coefficient (Wildman–Crippen LogP) is 5.07. The minimum atomic E-state index is -0.295. The number of para-hydroxylation sites is 2. The van der Waals surface area contributed by atoms with E-state index in [0.717, 1.165) is 62.8 Å². The van der Waals surface area contributed by atoms with Crippen molar-refractivity contribution in [3.8, 4) is 0 Å². The van der Waals surface area contributed by atoms with E-state index in [-0.39, 0.29) is 23.7 Å². The van der Waals surface area contributed by atoms with Crippen LogP contribution >= 0.6 is 23.1 Å². The van der Waals surface area contributed by atoms with Gasteiger partial charge in [0, 0.05) is 30.6 Å². The molecule has 3 heterocycles. The zero-order chi connectivity index (χ0) is 25.2. The molecule has 2 aliphatic rings. The number of carbonyl (C=O) groups is 2. The Labute approximate surface area is 223 Å². The molecule has 8 nitrogen and oxygen atoms in total. The normalized spacial score (nSPS) is 20.4. The van der Waals surface area contributed by atoms with Crippen molar-refractivity contribution in [3.63, 3.8) is 0 Å². The largest absolute Gasteiger partial charge is 0.378 e. The molecular weight excluding hydrogens is 506 g/mol. The quantitative estimate of drug-likeness (QED) is 0.335. The number of thiazole rings is 1. The van der Waals surface area contributed by atoms with Crippen LogP contribution in [0.5, 0.6) is 0 Å². The summed E-state index contributed by atoms with van der Waals surface area (Å²) >= 11 is 3.26. The second-order valence-electron chi connectivity index (χ2n) is 9.58. The van der Waals surface area contributed by atoms with E-state index >= 15 is 0 Å². The summed E-state index contributed by atoms with van der Waals surface area (Å²) in [5.41, 5.74) is 3.66. The highest BCUT2D eigenvalue weighted by Crippen LogP contribution is 2.35. The zero-order valence-corrected chi connectivity index (χ0v) is 22.1. The Balaban J connectivity index is 1.12. The molecule has 2 amide bonds. The van der Waals surface area contributed by atoms with E-state index in [4.69, 9.17) is 9.72 Å². The number of benzene rings is 2. The lowest BCUT2D eigenvalue weighted by Crippen LogP contribution is -2.47. The number of aromatic nitrogens is 3. The van der Waals surface area contributed by atoms with Crippen LogP contribution < -0.4 is 5.32 Å². The van der Waals surface area contributed by atoms with Crippen LogP contribution in [0.1, 0.15) is 31.5 Å². The van der Waals surface area contributed by atoms with Crippen LogP contribution in [-0.2, 0) is 20.1 Å². The molecule has 0 bridgehead atoms. The molecule has 37 heavy (non-hydrogen) atoms. The number of amides is 2. The number of fused-ring (bicyclic) bond motifs is 2. The maximum absolute atomic E-state index is 13.3. The molecule has 10 heteroatoms. The van der Waals surface area contributed by atoms with Crippen molar-refractivity contribution in [3.05, 3.63) is 48.3 Å². The highest BCUT2D eigenvalue weighted by Gasteiger charge is 2.38. The first kappa shape index (κ1) is 24.4. The van der Waals surface area contributed by atoms with Crippen molar-refractivity contribution in [2.24, 2.45) is 11.8 Å². The molecule has 2 atom stereocenters. The van der Waals surface area contributed by atoms with Crippen LogP contribution in [0.3, 0.4) is 0 Å². The van der Waals surface area contributed by atoms with Crippen molar-refractivity contribution in [1.82, 2.24) is 19.9 Å². The highest BCUT2D eigenvalue weighted by molar-refractivity contribution is 8.00. The fourth-order valence-electron chi connectivity index (χ4n) is 5.24. The number of carbonyl (C=O) groups excluding carboxylic acids is 2. The number of nitrogens with one attached hydrogen (secondary N) is 2. The average molecular weight is 536 g/mol. The SMILES string of the molecule is O=C(Nc1ccc2nc(SCc3nc4ccccc4[nH]3)sc2c1)C1CCCCC1C(=O)N1CCOCC1. The Morgan fingerprint density at radius 2 is 1.86 bits per heavy atom. The molecule has 2 unspecified atom stereocenters. The molecule has 2 aromatic heterocycles. The van der Waals surface area contributed by atoms with Gasteiger partial charge < -0.3 is 19.9 Å².